The monoisotopic (exact) mass is 349 g/mol. The second-order valence-corrected chi connectivity index (χ2v) is 6.48. The van der Waals surface area contributed by atoms with Crippen molar-refractivity contribution in [1.82, 2.24) is 9.55 Å². The van der Waals surface area contributed by atoms with Gasteiger partial charge in [0.05, 0.1) is 5.69 Å². The Morgan fingerprint density at radius 2 is 1.88 bits per heavy atom. The van der Waals surface area contributed by atoms with Crippen LogP contribution in [0.3, 0.4) is 0 Å². The Kier molecular flexibility index (Phi) is 4.67. The van der Waals surface area contributed by atoms with Crippen LogP contribution in [0.4, 0.5) is 22.9 Å². The highest BCUT2D eigenvalue weighted by molar-refractivity contribution is 5.71. The summed E-state index contributed by atoms with van der Waals surface area (Å²) in [4.78, 5) is 19.1. The number of nitrogens with one attached hydrogen (secondary N) is 1. The molecule has 0 saturated carbocycles. The maximum Gasteiger partial charge on any atom is 0.293 e. The lowest BCUT2D eigenvalue weighted by Gasteiger charge is -2.15. The fourth-order valence-electron chi connectivity index (χ4n) is 2.75. The number of benzene rings is 2. The summed E-state index contributed by atoms with van der Waals surface area (Å²) < 4.78 is 1.53. The fourth-order valence-corrected chi connectivity index (χ4v) is 2.75. The number of hydrogen-bond donors (Lipinski definition) is 2. The van der Waals surface area contributed by atoms with Gasteiger partial charge in [-0.3, -0.25) is 4.79 Å². The van der Waals surface area contributed by atoms with E-state index < -0.39 is 0 Å². The highest BCUT2D eigenvalue weighted by Crippen LogP contribution is 2.26. The van der Waals surface area contributed by atoms with Gasteiger partial charge >= 0.3 is 0 Å². The smallest absolute Gasteiger partial charge is 0.293 e. The first kappa shape index (κ1) is 17.5. The van der Waals surface area contributed by atoms with E-state index in [0.717, 1.165) is 22.5 Å². The molecule has 0 aliphatic rings. The van der Waals surface area contributed by atoms with Gasteiger partial charge in [-0.2, -0.15) is 0 Å². The number of hydrogen-bond acceptors (Lipinski definition) is 5. The number of anilines is 4. The molecule has 3 aromatic rings. The summed E-state index contributed by atoms with van der Waals surface area (Å²) in [5.41, 5.74) is 10.9. The van der Waals surface area contributed by atoms with Crippen molar-refractivity contribution in [3.8, 4) is 11.3 Å². The summed E-state index contributed by atoms with van der Waals surface area (Å²) in [6, 6.07) is 13.5. The number of rotatable bonds is 4. The quantitative estimate of drug-likeness (QED) is 0.708. The van der Waals surface area contributed by atoms with Crippen LogP contribution in [0.25, 0.3) is 11.3 Å². The molecule has 0 bridgehead atoms. The average Bonchev–Trinajstić information content (AvgIpc) is 2.61. The van der Waals surface area contributed by atoms with Gasteiger partial charge in [-0.1, -0.05) is 18.2 Å². The molecule has 26 heavy (non-hydrogen) atoms. The van der Waals surface area contributed by atoms with E-state index in [1.807, 2.05) is 68.4 Å². The molecule has 1 heterocycles. The molecular weight excluding hydrogens is 326 g/mol. The molecule has 0 saturated heterocycles. The van der Waals surface area contributed by atoms with Gasteiger partial charge in [-0.15, -0.1) is 0 Å². The molecule has 3 N–H and O–H groups in total. The number of nitrogen functional groups attached to an aromatic ring is 1. The second kappa shape index (κ2) is 6.92. The highest BCUT2D eigenvalue weighted by Gasteiger charge is 2.12. The maximum absolute atomic E-state index is 12.5. The topological polar surface area (TPSA) is 76.2 Å². The van der Waals surface area contributed by atoms with Crippen LogP contribution in [0.5, 0.6) is 0 Å². The van der Waals surface area contributed by atoms with Crippen molar-refractivity contribution in [2.75, 3.05) is 30.0 Å². The van der Waals surface area contributed by atoms with Crippen LogP contribution in [-0.2, 0) is 7.05 Å². The van der Waals surface area contributed by atoms with Gasteiger partial charge in [0.1, 0.15) is 0 Å². The number of aryl methyl sites for hydroxylation is 1. The Labute approximate surface area is 152 Å². The van der Waals surface area contributed by atoms with E-state index in [9.17, 15) is 4.79 Å². The fraction of sp³-hybridized carbons (Fsp3) is 0.200. The van der Waals surface area contributed by atoms with Crippen LogP contribution in [-0.4, -0.2) is 23.6 Å². The first-order valence-electron chi connectivity index (χ1n) is 8.34. The van der Waals surface area contributed by atoms with E-state index in [4.69, 9.17) is 5.73 Å². The molecule has 0 aliphatic carbocycles. The molecule has 134 valence electrons. The van der Waals surface area contributed by atoms with Crippen LogP contribution >= 0.6 is 0 Å². The van der Waals surface area contributed by atoms with Crippen LogP contribution < -0.4 is 21.5 Å². The molecule has 0 atom stereocenters. The Bertz CT molecular complexity index is 1010. The third-order valence-electron chi connectivity index (χ3n) is 4.35. The predicted molar refractivity (Wildman–Crippen MR) is 108 cm³/mol. The van der Waals surface area contributed by atoms with Gasteiger partial charge in [-0.05, 0) is 36.8 Å². The third-order valence-corrected chi connectivity index (χ3v) is 4.35. The van der Waals surface area contributed by atoms with Crippen LogP contribution in [0.15, 0.2) is 53.5 Å². The highest BCUT2D eigenvalue weighted by atomic mass is 16.1. The van der Waals surface area contributed by atoms with Crippen LogP contribution in [0.2, 0.25) is 0 Å². The Balaban J connectivity index is 2.06. The lowest BCUT2D eigenvalue weighted by atomic mass is 10.0. The predicted octanol–water partition coefficient (Wildman–Crippen LogP) is 3.15. The first-order chi connectivity index (χ1) is 12.4. The first-order valence-corrected chi connectivity index (χ1v) is 8.34. The van der Waals surface area contributed by atoms with Gasteiger partial charge in [0.2, 0.25) is 0 Å². The van der Waals surface area contributed by atoms with Crippen molar-refractivity contribution in [2.24, 2.45) is 7.05 Å². The summed E-state index contributed by atoms with van der Waals surface area (Å²) in [5.74, 6) is 0.280. The van der Waals surface area contributed by atoms with Crippen molar-refractivity contribution in [2.45, 2.75) is 6.92 Å². The molecule has 2 aromatic carbocycles. The SMILES string of the molecule is Cc1c(N)cccc1-c1cn(C)c(=O)c(Nc2cccc(N(C)C)c2)n1. The summed E-state index contributed by atoms with van der Waals surface area (Å²) in [5, 5.41) is 3.15. The van der Waals surface area contributed by atoms with Crippen molar-refractivity contribution < 1.29 is 0 Å². The van der Waals surface area contributed by atoms with E-state index in [1.165, 1.54) is 4.57 Å². The Morgan fingerprint density at radius 3 is 2.62 bits per heavy atom. The molecule has 0 unspecified atom stereocenters. The van der Waals surface area contributed by atoms with E-state index >= 15 is 0 Å². The van der Waals surface area contributed by atoms with E-state index in [0.29, 0.717) is 11.4 Å². The van der Waals surface area contributed by atoms with E-state index in [1.54, 1.807) is 13.2 Å². The Morgan fingerprint density at radius 1 is 1.15 bits per heavy atom. The number of aromatic nitrogens is 2. The van der Waals surface area contributed by atoms with E-state index in [2.05, 4.69) is 10.3 Å². The standard InChI is InChI=1S/C20H23N5O/c1-13-16(9-6-10-17(13)21)18-12-25(4)20(26)19(23-18)22-14-7-5-8-15(11-14)24(2)3/h5-12H,21H2,1-4H3,(H,22,23). The van der Waals surface area contributed by atoms with Crippen molar-refractivity contribution in [1.29, 1.82) is 0 Å². The maximum atomic E-state index is 12.5. The second-order valence-electron chi connectivity index (χ2n) is 6.48. The summed E-state index contributed by atoms with van der Waals surface area (Å²) in [6.07, 6.45) is 1.73. The summed E-state index contributed by atoms with van der Waals surface area (Å²) >= 11 is 0. The van der Waals surface area contributed by atoms with Crippen LogP contribution in [0, 0.1) is 6.92 Å². The molecule has 0 spiro atoms. The van der Waals surface area contributed by atoms with Gasteiger partial charge in [0.15, 0.2) is 5.82 Å². The zero-order valence-electron chi connectivity index (χ0n) is 15.4. The molecule has 6 heteroatoms. The van der Waals surface area contributed by atoms with Gasteiger partial charge in [0.25, 0.3) is 5.56 Å². The lowest BCUT2D eigenvalue weighted by molar-refractivity contribution is 0.848. The van der Waals surface area contributed by atoms with Crippen LogP contribution in [0.1, 0.15) is 5.56 Å². The van der Waals surface area contributed by atoms with Crippen molar-refractivity contribution in [3.05, 3.63) is 64.6 Å². The zero-order chi connectivity index (χ0) is 18.8. The van der Waals surface area contributed by atoms with Gasteiger partial charge in [0, 0.05) is 50.0 Å². The number of nitrogens with zero attached hydrogens (tertiary/aromatic N) is 3. The van der Waals surface area contributed by atoms with Gasteiger partial charge < -0.3 is 20.5 Å². The summed E-state index contributed by atoms with van der Waals surface area (Å²) in [6.45, 7) is 1.95. The van der Waals surface area contributed by atoms with Crippen molar-refractivity contribution >= 4 is 22.9 Å². The molecule has 0 fully saturated rings. The minimum Gasteiger partial charge on any atom is -0.398 e. The number of nitrogens with two attached hydrogens (primary N) is 1. The molecule has 0 radical (unpaired) electrons. The summed E-state index contributed by atoms with van der Waals surface area (Å²) in [7, 11) is 5.66. The molecule has 0 aliphatic heterocycles. The van der Waals surface area contributed by atoms with Gasteiger partial charge in [-0.25, -0.2) is 4.98 Å². The zero-order valence-corrected chi connectivity index (χ0v) is 15.4. The minimum atomic E-state index is -0.189. The molecule has 1 aromatic heterocycles. The normalized spacial score (nSPS) is 10.6. The van der Waals surface area contributed by atoms with Crippen molar-refractivity contribution in [3.63, 3.8) is 0 Å². The molecule has 0 amide bonds. The molecular formula is C20H23N5O. The molecule has 6 nitrogen and oxygen atoms in total. The molecule has 3 rings (SSSR count). The van der Waals surface area contributed by atoms with E-state index in [-0.39, 0.29) is 11.4 Å². The minimum absolute atomic E-state index is 0.189. The lowest BCUT2D eigenvalue weighted by Crippen LogP contribution is -2.21. The average molecular weight is 349 g/mol. The third kappa shape index (κ3) is 3.39. The largest absolute Gasteiger partial charge is 0.398 e. The Hall–Kier alpha value is -3.28.